The quantitative estimate of drug-likeness (QED) is 0.590. The van der Waals surface area contributed by atoms with Crippen LogP contribution in [0.15, 0.2) is 11.6 Å². The Morgan fingerprint density at radius 2 is 1.53 bits per heavy atom. The fourth-order valence-corrected chi connectivity index (χ4v) is 0.800. The third-order valence-corrected chi connectivity index (χ3v) is 2.24. The minimum atomic E-state index is -0.804. The number of allylic oxidation sites excluding steroid dienone is 1. The number of rotatable bonds is 5. The number of hydrogen-bond acceptors (Lipinski definition) is 2. The predicted octanol–water partition coefficient (Wildman–Crippen LogP) is 4.14. The van der Waals surface area contributed by atoms with E-state index in [4.69, 9.17) is 10.2 Å². The highest BCUT2D eigenvalue weighted by molar-refractivity contribution is 5.85. The monoisotopic (exact) mass is 294 g/mol. The lowest BCUT2D eigenvalue weighted by molar-refractivity contribution is -0.145. The van der Waals surface area contributed by atoms with E-state index in [-0.39, 0.29) is 12.4 Å². The van der Waals surface area contributed by atoms with Crippen LogP contribution in [0.3, 0.4) is 0 Å². The number of carboxylic acids is 2. The van der Waals surface area contributed by atoms with E-state index in [9.17, 15) is 9.59 Å². The van der Waals surface area contributed by atoms with Gasteiger partial charge in [-0.1, -0.05) is 25.8 Å². The Morgan fingerprint density at radius 1 is 1.11 bits per heavy atom. The van der Waals surface area contributed by atoms with Crippen molar-refractivity contribution in [3.63, 3.8) is 0 Å². The topological polar surface area (TPSA) is 74.6 Å². The molecule has 0 saturated carbocycles. The van der Waals surface area contributed by atoms with E-state index in [0.29, 0.717) is 5.57 Å². The summed E-state index contributed by atoms with van der Waals surface area (Å²) < 4.78 is 0. The minimum Gasteiger partial charge on any atom is -0.481 e. The van der Waals surface area contributed by atoms with E-state index in [0.717, 1.165) is 12.8 Å². The first-order valence-electron chi connectivity index (χ1n) is 6.26. The standard InChI is InChI=1S/C9H16O2.C5H10O2.ClH/c1-3-4-5-6-7-8(2)9(10)11;1-5(2,3)4(6)7;/h7H,3-6H2,1-2H3,(H,10,11);1-3H3,(H,6,7);1H. The van der Waals surface area contributed by atoms with Gasteiger partial charge in [-0.05, 0) is 40.5 Å². The second-order valence-corrected chi connectivity index (χ2v) is 5.24. The van der Waals surface area contributed by atoms with Gasteiger partial charge in [0.05, 0.1) is 5.41 Å². The Bertz CT molecular complexity index is 290. The van der Waals surface area contributed by atoms with Crippen molar-refractivity contribution in [1.82, 2.24) is 0 Å². The highest BCUT2D eigenvalue weighted by atomic mass is 35.5. The van der Waals surface area contributed by atoms with Crippen molar-refractivity contribution in [2.45, 2.75) is 60.3 Å². The van der Waals surface area contributed by atoms with E-state index >= 15 is 0 Å². The molecule has 5 heteroatoms. The van der Waals surface area contributed by atoms with Gasteiger partial charge in [0.2, 0.25) is 0 Å². The fraction of sp³-hybridized carbons (Fsp3) is 0.714. The zero-order valence-electron chi connectivity index (χ0n) is 12.5. The molecule has 0 aromatic heterocycles. The summed E-state index contributed by atoms with van der Waals surface area (Å²) in [6, 6.07) is 0. The summed E-state index contributed by atoms with van der Waals surface area (Å²) in [5.41, 5.74) is -0.124. The van der Waals surface area contributed by atoms with E-state index in [1.54, 1.807) is 33.8 Å². The average Bonchev–Trinajstić information content (AvgIpc) is 2.23. The molecule has 2 N–H and O–H groups in total. The molecule has 0 aliphatic rings. The van der Waals surface area contributed by atoms with Crippen LogP contribution >= 0.6 is 12.4 Å². The lowest BCUT2D eigenvalue weighted by Gasteiger charge is -2.08. The molecule has 0 aromatic carbocycles. The molecule has 0 bridgehead atoms. The van der Waals surface area contributed by atoms with Gasteiger partial charge >= 0.3 is 11.9 Å². The molecular formula is C14H27ClO4. The second-order valence-electron chi connectivity index (χ2n) is 5.24. The Morgan fingerprint density at radius 3 is 1.79 bits per heavy atom. The number of carboxylic acid groups (broad SMARTS) is 2. The van der Waals surface area contributed by atoms with E-state index < -0.39 is 17.4 Å². The minimum absolute atomic E-state index is 0. The van der Waals surface area contributed by atoms with Crippen molar-refractivity contribution in [3.05, 3.63) is 11.6 Å². The molecule has 0 unspecified atom stereocenters. The largest absolute Gasteiger partial charge is 0.481 e. The van der Waals surface area contributed by atoms with Gasteiger partial charge in [-0.2, -0.15) is 0 Å². The van der Waals surface area contributed by atoms with Crippen LogP contribution in [0.25, 0.3) is 0 Å². The van der Waals surface area contributed by atoms with Gasteiger partial charge < -0.3 is 10.2 Å². The first kappa shape index (κ1) is 23.1. The van der Waals surface area contributed by atoms with Crippen molar-refractivity contribution >= 4 is 24.3 Å². The normalized spacial score (nSPS) is 10.9. The first-order valence-corrected chi connectivity index (χ1v) is 6.26. The summed E-state index contributed by atoms with van der Waals surface area (Å²) in [6.07, 6.45) is 6.15. The molecular weight excluding hydrogens is 268 g/mol. The molecule has 0 atom stereocenters. The number of aliphatic carboxylic acids is 2. The van der Waals surface area contributed by atoms with E-state index in [2.05, 4.69) is 6.92 Å². The fourth-order valence-electron chi connectivity index (χ4n) is 0.800. The lowest BCUT2D eigenvalue weighted by atomic mass is 9.98. The van der Waals surface area contributed by atoms with Crippen molar-refractivity contribution in [2.24, 2.45) is 5.41 Å². The number of halogens is 1. The molecule has 0 spiro atoms. The second kappa shape index (κ2) is 12.0. The molecule has 0 rings (SSSR count). The Labute approximate surface area is 122 Å². The third kappa shape index (κ3) is 17.0. The Hall–Kier alpha value is -1.03. The highest BCUT2D eigenvalue weighted by Gasteiger charge is 2.18. The SMILES string of the molecule is CC(C)(C)C(=O)O.CCCCCC=C(C)C(=O)O.Cl. The molecule has 0 amide bonds. The summed E-state index contributed by atoms with van der Waals surface area (Å²) >= 11 is 0. The number of hydrogen-bond donors (Lipinski definition) is 2. The van der Waals surface area contributed by atoms with Crippen LogP contribution in [0.4, 0.5) is 0 Å². The molecule has 114 valence electrons. The lowest BCUT2D eigenvalue weighted by Crippen LogP contribution is -2.18. The zero-order chi connectivity index (χ0) is 14.8. The van der Waals surface area contributed by atoms with Crippen molar-refractivity contribution in [2.75, 3.05) is 0 Å². The van der Waals surface area contributed by atoms with Gasteiger partial charge in [0, 0.05) is 5.57 Å². The summed E-state index contributed by atoms with van der Waals surface area (Å²) in [6.45, 7) is 8.75. The Kier molecular flexibility index (Phi) is 14.6. The smallest absolute Gasteiger partial charge is 0.330 e. The first-order chi connectivity index (χ1) is 8.12. The van der Waals surface area contributed by atoms with Gasteiger partial charge in [0.1, 0.15) is 0 Å². The number of unbranched alkanes of at least 4 members (excludes halogenated alkanes) is 3. The van der Waals surface area contributed by atoms with Crippen LogP contribution in [0, 0.1) is 5.41 Å². The molecule has 0 radical (unpaired) electrons. The molecule has 0 heterocycles. The summed E-state index contributed by atoms with van der Waals surface area (Å²) in [4.78, 5) is 20.3. The predicted molar refractivity (Wildman–Crippen MR) is 79.9 cm³/mol. The maximum atomic E-state index is 10.3. The maximum absolute atomic E-state index is 10.3. The van der Waals surface area contributed by atoms with Crippen LogP contribution in [0.1, 0.15) is 60.3 Å². The van der Waals surface area contributed by atoms with Crippen LogP contribution in [0.2, 0.25) is 0 Å². The molecule has 0 aliphatic heterocycles. The summed E-state index contributed by atoms with van der Waals surface area (Å²) in [5, 5.41) is 16.7. The average molecular weight is 295 g/mol. The number of carbonyl (C=O) groups is 2. The molecule has 0 aliphatic carbocycles. The van der Waals surface area contributed by atoms with Gasteiger partial charge in [-0.25, -0.2) is 4.79 Å². The van der Waals surface area contributed by atoms with E-state index in [1.807, 2.05) is 0 Å². The third-order valence-electron chi connectivity index (χ3n) is 2.24. The van der Waals surface area contributed by atoms with Gasteiger partial charge in [0.15, 0.2) is 0 Å². The molecule has 4 nitrogen and oxygen atoms in total. The van der Waals surface area contributed by atoms with Crippen LogP contribution in [0.5, 0.6) is 0 Å². The molecule has 0 aromatic rings. The van der Waals surface area contributed by atoms with Gasteiger partial charge in [-0.3, -0.25) is 4.79 Å². The summed E-state index contributed by atoms with van der Waals surface area (Å²) in [5.74, 6) is -1.56. The highest BCUT2D eigenvalue weighted by Crippen LogP contribution is 2.11. The molecule has 0 saturated heterocycles. The van der Waals surface area contributed by atoms with Crippen molar-refractivity contribution in [3.8, 4) is 0 Å². The maximum Gasteiger partial charge on any atom is 0.330 e. The zero-order valence-corrected chi connectivity index (χ0v) is 13.3. The van der Waals surface area contributed by atoms with Crippen LogP contribution in [-0.2, 0) is 9.59 Å². The van der Waals surface area contributed by atoms with Crippen molar-refractivity contribution in [1.29, 1.82) is 0 Å². The Balaban J connectivity index is -0.000000280. The van der Waals surface area contributed by atoms with Crippen LogP contribution in [-0.4, -0.2) is 22.2 Å². The molecule has 19 heavy (non-hydrogen) atoms. The van der Waals surface area contributed by atoms with Gasteiger partial charge in [0.25, 0.3) is 0 Å². The van der Waals surface area contributed by atoms with Gasteiger partial charge in [-0.15, -0.1) is 12.4 Å². The van der Waals surface area contributed by atoms with Crippen molar-refractivity contribution < 1.29 is 19.8 Å². The van der Waals surface area contributed by atoms with E-state index in [1.165, 1.54) is 12.8 Å². The summed E-state index contributed by atoms with van der Waals surface area (Å²) in [7, 11) is 0. The van der Waals surface area contributed by atoms with Crippen LogP contribution < -0.4 is 0 Å². The molecule has 0 fully saturated rings.